The Morgan fingerprint density at radius 1 is 1.14 bits per heavy atom. The van der Waals surface area contributed by atoms with Gasteiger partial charge < -0.3 is 20.9 Å². The molecule has 0 radical (unpaired) electrons. The summed E-state index contributed by atoms with van der Waals surface area (Å²) in [4.78, 5) is 28.4. The molecule has 158 valence electrons. The van der Waals surface area contributed by atoms with Crippen LogP contribution in [0.25, 0.3) is 0 Å². The molecule has 1 saturated heterocycles. The maximum Gasteiger partial charge on any atom is 0.242 e. The molecule has 1 aliphatic carbocycles. The van der Waals surface area contributed by atoms with Crippen LogP contribution in [-0.4, -0.2) is 55.5 Å². The van der Waals surface area contributed by atoms with Crippen molar-refractivity contribution < 1.29 is 9.59 Å². The zero-order valence-electron chi connectivity index (χ0n) is 15.8. The third-order valence-electron chi connectivity index (χ3n) is 5.41. The number of nitrogens with one attached hydrogen (secondary N) is 1. The van der Waals surface area contributed by atoms with Crippen molar-refractivity contribution in [2.24, 2.45) is 11.7 Å². The smallest absolute Gasteiger partial charge is 0.242 e. The number of anilines is 1. The standard InChI is InChI=1S/C19H27ClN4O2.2ClH/c20-15-4-2-5-16(12-15)23-7-9-24(10-8-23)19(26)13-22-18(25)11-14-3-1-6-17(14)21;;/h2,4-5,12,14,17H,1,3,6-11,13,21H2,(H,22,25);2*1H/t14-,17+;;/m0../s1. The molecule has 6 nitrogen and oxygen atoms in total. The van der Waals surface area contributed by atoms with Gasteiger partial charge in [-0.15, -0.1) is 24.8 Å². The SMILES string of the molecule is Cl.Cl.N[C@@H]1CCC[C@H]1CC(=O)NCC(=O)N1CCN(c2cccc(Cl)c2)CC1. The van der Waals surface area contributed by atoms with E-state index in [1.54, 1.807) is 0 Å². The molecule has 3 N–H and O–H groups in total. The first-order valence-electron chi connectivity index (χ1n) is 9.33. The fraction of sp³-hybridized carbons (Fsp3) is 0.579. The van der Waals surface area contributed by atoms with Gasteiger partial charge in [-0.05, 0) is 37.0 Å². The summed E-state index contributed by atoms with van der Waals surface area (Å²) in [6, 6.07) is 7.87. The molecule has 1 heterocycles. The molecule has 2 atom stereocenters. The molecule has 1 aromatic carbocycles. The zero-order valence-corrected chi connectivity index (χ0v) is 18.2. The fourth-order valence-corrected chi connectivity index (χ4v) is 3.99. The van der Waals surface area contributed by atoms with Crippen molar-refractivity contribution in [3.05, 3.63) is 29.3 Å². The lowest BCUT2D eigenvalue weighted by molar-refractivity contribution is -0.133. The van der Waals surface area contributed by atoms with Gasteiger partial charge in [-0.25, -0.2) is 0 Å². The normalized spacial score (nSPS) is 21.5. The Balaban J connectivity index is 0.00000196. The Morgan fingerprint density at radius 3 is 2.46 bits per heavy atom. The number of carbonyl (C=O) groups excluding carboxylic acids is 2. The number of nitrogens with zero attached hydrogens (tertiary/aromatic N) is 2. The third-order valence-corrected chi connectivity index (χ3v) is 5.64. The van der Waals surface area contributed by atoms with Gasteiger partial charge in [0.15, 0.2) is 0 Å². The maximum absolute atomic E-state index is 12.3. The van der Waals surface area contributed by atoms with Crippen molar-refractivity contribution in [1.29, 1.82) is 0 Å². The molecular formula is C19H29Cl3N4O2. The highest BCUT2D eigenvalue weighted by Gasteiger charge is 2.27. The molecule has 0 bridgehead atoms. The monoisotopic (exact) mass is 450 g/mol. The van der Waals surface area contributed by atoms with Crippen molar-refractivity contribution >= 4 is 53.9 Å². The minimum atomic E-state index is -0.0711. The van der Waals surface area contributed by atoms with Crippen molar-refractivity contribution in [3.8, 4) is 0 Å². The van der Waals surface area contributed by atoms with E-state index in [0.29, 0.717) is 24.5 Å². The van der Waals surface area contributed by atoms with Crippen LogP contribution < -0.4 is 16.0 Å². The van der Waals surface area contributed by atoms with Gasteiger partial charge in [0, 0.05) is 49.4 Å². The van der Waals surface area contributed by atoms with Gasteiger partial charge in [-0.3, -0.25) is 9.59 Å². The van der Waals surface area contributed by atoms with Crippen molar-refractivity contribution in [3.63, 3.8) is 0 Å². The van der Waals surface area contributed by atoms with Gasteiger partial charge in [0.1, 0.15) is 0 Å². The summed E-state index contributed by atoms with van der Waals surface area (Å²) in [6.07, 6.45) is 3.52. The molecule has 0 aromatic heterocycles. The van der Waals surface area contributed by atoms with Crippen LogP contribution in [0.5, 0.6) is 0 Å². The second-order valence-electron chi connectivity index (χ2n) is 7.18. The summed E-state index contributed by atoms with van der Waals surface area (Å²) in [7, 11) is 0. The number of hydrogen-bond donors (Lipinski definition) is 2. The Hall–Kier alpha value is -1.21. The van der Waals surface area contributed by atoms with Gasteiger partial charge in [-0.2, -0.15) is 0 Å². The van der Waals surface area contributed by atoms with E-state index in [2.05, 4.69) is 10.2 Å². The highest BCUT2D eigenvalue weighted by molar-refractivity contribution is 6.30. The van der Waals surface area contributed by atoms with E-state index >= 15 is 0 Å². The Bertz CT molecular complexity index is 654. The summed E-state index contributed by atoms with van der Waals surface area (Å²) < 4.78 is 0. The second kappa shape index (κ2) is 11.7. The molecule has 1 saturated carbocycles. The van der Waals surface area contributed by atoms with E-state index < -0.39 is 0 Å². The average molecular weight is 452 g/mol. The number of carbonyl (C=O) groups is 2. The minimum Gasteiger partial charge on any atom is -0.368 e. The van der Waals surface area contributed by atoms with E-state index in [-0.39, 0.29) is 55.1 Å². The molecule has 2 amide bonds. The molecule has 0 unspecified atom stereocenters. The van der Waals surface area contributed by atoms with Crippen LogP contribution in [0.2, 0.25) is 5.02 Å². The average Bonchev–Trinajstić information content (AvgIpc) is 3.04. The van der Waals surface area contributed by atoms with Gasteiger partial charge in [0.2, 0.25) is 11.8 Å². The third kappa shape index (κ3) is 6.69. The molecule has 1 aliphatic heterocycles. The first-order valence-corrected chi connectivity index (χ1v) is 9.71. The van der Waals surface area contributed by atoms with Gasteiger partial charge in [0.05, 0.1) is 6.54 Å². The van der Waals surface area contributed by atoms with Crippen LogP contribution in [0.4, 0.5) is 5.69 Å². The summed E-state index contributed by atoms with van der Waals surface area (Å²) in [5.41, 5.74) is 7.08. The largest absolute Gasteiger partial charge is 0.368 e. The van der Waals surface area contributed by atoms with Crippen LogP contribution in [0.3, 0.4) is 0 Å². The number of rotatable bonds is 5. The lowest BCUT2D eigenvalue weighted by Gasteiger charge is -2.36. The number of amides is 2. The van der Waals surface area contributed by atoms with E-state index in [1.165, 1.54) is 0 Å². The summed E-state index contributed by atoms with van der Waals surface area (Å²) in [6.45, 7) is 2.88. The highest BCUT2D eigenvalue weighted by atomic mass is 35.5. The van der Waals surface area contributed by atoms with Crippen molar-refractivity contribution in [2.45, 2.75) is 31.7 Å². The molecule has 28 heavy (non-hydrogen) atoms. The number of piperazine rings is 1. The topological polar surface area (TPSA) is 78.7 Å². The second-order valence-corrected chi connectivity index (χ2v) is 7.62. The van der Waals surface area contributed by atoms with Crippen LogP contribution in [0.1, 0.15) is 25.7 Å². The Morgan fingerprint density at radius 2 is 1.86 bits per heavy atom. The number of nitrogens with two attached hydrogens (primary N) is 1. The number of benzene rings is 1. The predicted octanol–water partition coefficient (Wildman–Crippen LogP) is 2.47. The molecule has 3 rings (SSSR count). The molecule has 1 aromatic rings. The maximum atomic E-state index is 12.3. The van der Waals surface area contributed by atoms with E-state index in [9.17, 15) is 9.59 Å². The quantitative estimate of drug-likeness (QED) is 0.721. The van der Waals surface area contributed by atoms with Crippen molar-refractivity contribution in [1.82, 2.24) is 10.2 Å². The fourth-order valence-electron chi connectivity index (χ4n) is 3.80. The number of hydrogen-bond acceptors (Lipinski definition) is 4. The summed E-state index contributed by atoms with van der Waals surface area (Å²) >= 11 is 6.04. The minimum absolute atomic E-state index is 0. The lowest BCUT2D eigenvalue weighted by atomic mass is 10.00. The summed E-state index contributed by atoms with van der Waals surface area (Å²) in [5, 5.41) is 3.47. The van der Waals surface area contributed by atoms with E-state index in [4.69, 9.17) is 17.3 Å². The lowest BCUT2D eigenvalue weighted by Crippen LogP contribution is -2.51. The Kier molecular flexibility index (Phi) is 10.4. The molecular weight excluding hydrogens is 423 g/mol. The van der Waals surface area contributed by atoms with Crippen LogP contribution in [0.15, 0.2) is 24.3 Å². The van der Waals surface area contributed by atoms with Gasteiger partial charge >= 0.3 is 0 Å². The molecule has 0 spiro atoms. The Labute approximate surface area is 184 Å². The first kappa shape index (κ1) is 24.8. The first-order chi connectivity index (χ1) is 12.5. The molecule has 2 aliphatic rings. The highest BCUT2D eigenvalue weighted by Crippen LogP contribution is 2.26. The van der Waals surface area contributed by atoms with Crippen molar-refractivity contribution in [2.75, 3.05) is 37.6 Å². The van der Waals surface area contributed by atoms with E-state index in [1.807, 2.05) is 29.2 Å². The summed E-state index contributed by atoms with van der Waals surface area (Å²) in [5.74, 6) is 0.157. The molecule has 2 fully saturated rings. The van der Waals surface area contributed by atoms with Crippen LogP contribution in [-0.2, 0) is 9.59 Å². The van der Waals surface area contributed by atoms with Gasteiger partial charge in [0.25, 0.3) is 0 Å². The van der Waals surface area contributed by atoms with Crippen LogP contribution >= 0.6 is 36.4 Å². The zero-order chi connectivity index (χ0) is 18.5. The van der Waals surface area contributed by atoms with E-state index in [0.717, 1.165) is 38.0 Å². The van der Waals surface area contributed by atoms with Gasteiger partial charge in [-0.1, -0.05) is 24.1 Å². The number of halogens is 3. The predicted molar refractivity (Wildman–Crippen MR) is 118 cm³/mol. The van der Waals surface area contributed by atoms with Crippen LogP contribution in [0, 0.1) is 5.92 Å². The molecule has 9 heteroatoms.